The fraction of sp³-hybridized carbons (Fsp3) is 0.400. The average Bonchev–Trinajstić information content (AvgIpc) is 2.80. The lowest BCUT2D eigenvalue weighted by molar-refractivity contribution is 0.719. The van der Waals surface area contributed by atoms with Crippen molar-refractivity contribution in [3.8, 4) is 5.95 Å². The molecule has 0 aliphatic heterocycles. The Morgan fingerprint density at radius 2 is 2.06 bits per heavy atom. The number of hydrogen-bond acceptors (Lipinski definition) is 5. The van der Waals surface area contributed by atoms with E-state index in [1.54, 1.807) is 23.3 Å². The molecular weight excluding hydrogens is 240 g/mol. The first-order valence-corrected chi connectivity index (χ1v) is 5.58. The van der Waals surface area contributed by atoms with E-state index in [2.05, 4.69) is 33.8 Å². The number of anilines is 1. The van der Waals surface area contributed by atoms with Crippen LogP contribution >= 0.6 is 11.6 Å². The van der Waals surface area contributed by atoms with Gasteiger partial charge in [-0.2, -0.15) is 15.0 Å². The van der Waals surface area contributed by atoms with E-state index in [1.165, 1.54) is 0 Å². The zero-order valence-corrected chi connectivity index (χ0v) is 10.6. The van der Waals surface area contributed by atoms with E-state index in [0.717, 1.165) is 0 Å². The molecule has 6 nitrogen and oxygen atoms in total. The van der Waals surface area contributed by atoms with Gasteiger partial charge >= 0.3 is 0 Å². The van der Waals surface area contributed by atoms with Gasteiger partial charge in [0.2, 0.25) is 17.2 Å². The smallest absolute Gasteiger partial charge is 0.241 e. The minimum absolute atomic E-state index is 0.172. The van der Waals surface area contributed by atoms with Crippen LogP contribution in [0.3, 0.4) is 0 Å². The third-order valence-corrected chi connectivity index (χ3v) is 2.58. The van der Waals surface area contributed by atoms with Crippen molar-refractivity contribution in [2.24, 2.45) is 0 Å². The molecule has 0 bridgehead atoms. The highest BCUT2D eigenvalue weighted by atomic mass is 35.5. The Kier molecular flexibility index (Phi) is 3.23. The lowest BCUT2D eigenvalue weighted by atomic mass is 10.4. The highest BCUT2D eigenvalue weighted by molar-refractivity contribution is 6.28. The van der Waals surface area contributed by atoms with Crippen LogP contribution in [0.2, 0.25) is 5.28 Å². The highest BCUT2D eigenvalue weighted by Crippen LogP contribution is 2.13. The van der Waals surface area contributed by atoms with Gasteiger partial charge < -0.3 is 4.90 Å². The van der Waals surface area contributed by atoms with E-state index in [1.807, 2.05) is 11.9 Å². The number of nitrogens with zero attached hydrogens (tertiary/aromatic N) is 6. The summed E-state index contributed by atoms with van der Waals surface area (Å²) in [6, 6.07) is 0.282. The Bertz CT molecular complexity index is 496. The van der Waals surface area contributed by atoms with Gasteiger partial charge in [-0.3, -0.25) is 4.57 Å². The van der Waals surface area contributed by atoms with E-state index >= 15 is 0 Å². The molecular formula is C10H13ClN6. The molecule has 0 amide bonds. The van der Waals surface area contributed by atoms with Crippen molar-refractivity contribution in [1.82, 2.24) is 24.5 Å². The second-order valence-corrected chi connectivity index (χ2v) is 4.22. The molecule has 2 heterocycles. The second-order valence-electron chi connectivity index (χ2n) is 3.88. The molecule has 7 heteroatoms. The molecule has 90 valence electrons. The Morgan fingerprint density at radius 3 is 2.65 bits per heavy atom. The summed E-state index contributed by atoms with van der Waals surface area (Å²) in [5, 5.41) is 0.172. The Morgan fingerprint density at radius 1 is 1.29 bits per heavy atom. The van der Waals surface area contributed by atoms with Gasteiger partial charge in [-0.1, -0.05) is 0 Å². The van der Waals surface area contributed by atoms with Gasteiger partial charge in [-0.25, -0.2) is 4.98 Å². The molecule has 0 aromatic carbocycles. The number of hydrogen-bond donors (Lipinski definition) is 0. The largest absolute Gasteiger partial charge is 0.341 e. The van der Waals surface area contributed by atoms with Crippen molar-refractivity contribution in [3.63, 3.8) is 0 Å². The molecule has 0 aliphatic rings. The molecule has 0 saturated heterocycles. The maximum absolute atomic E-state index is 5.89. The fourth-order valence-corrected chi connectivity index (χ4v) is 1.36. The van der Waals surface area contributed by atoms with E-state index in [0.29, 0.717) is 11.9 Å². The number of rotatable bonds is 3. The predicted molar refractivity (Wildman–Crippen MR) is 65.5 cm³/mol. The monoisotopic (exact) mass is 252 g/mol. The predicted octanol–water partition coefficient (Wildman–Crippen LogP) is 1.56. The Balaban J connectivity index is 2.43. The summed E-state index contributed by atoms with van der Waals surface area (Å²) in [5.74, 6) is 1.01. The van der Waals surface area contributed by atoms with Gasteiger partial charge in [0.25, 0.3) is 0 Å². The highest BCUT2D eigenvalue weighted by Gasteiger charge is 2.12. The van der Waals surface area contributed by atoms with Crippen LogP contribution in [-0.4, -0.2) is 37.6 Å². The average molecular weight is 253 g/mol. The first-order chi connectivity index (χ1) is 8.08. The zero-order valence-electron chi connectivity index (χ0n) is 9.87. The van der Waals surface area contributed by atoms with E-state index in [4.69, 9.17) is 11.6 Å². The van der Waals surface area contributed by atoms with E-state index in [9.17, 15) is 0 Å². The van der Waals surface area contributed by atoms with Gasteiger partial charge in [-0.05, 0) is 25.4 Å². The summed E-state index contributed by atoms with van der Waals surface area (Å²) in [6.07, 6.45) is 5.03. The first kappa shape index (κ1) is 11.8. The van der Waals surface area contributed by atoms with Gasteiger partial charge in [0, 0.05) is 25.5 Å². The van der Waals surface area contributed by atoms with Crippen LogP contribution in [0.25, 0.3) is 5.95 Å². The van der Waals surface area contributed by atoms with Crippen molar-refractivity contribution >= 4 is 17.5 Å². The molecule has 2 aromatic rings. The first-order valence-electron chi connectivity index (χ1n) is 5.20. The van der Waals surface area contributed by atoms with Crippen molar-refractivity contribution in [1.29, 1.82) is 0 Å². The van der Waals surface area contributed by atoms with Crippen LogP contribution < -0.4 is 4.90 Å². The van der Waals surface area contributed by atoms with E-state index < -0.39 is 0 Å². The zero-order chi connectivity index (χ0) is 12.4. The molecule has 0 N–H and O–H groups in total. The topological polar surface area (TPSA) is 59.7 Å². The van der Waals surface area contributed by atoms with Crippen LogP contribution in [0.15, 0.2) is 18.7 Å². The lowest BCUT2D eigenvalue weighted by Crippen LogP contribution is -2.28. The molecule has 0 aliphatic carbocycles. The quantitative estimate of drug-likeness (QED) is 0.830. The van der Waals surface area contributed by atoms with Crippen molar-refractivity contribution < 1.29 is 0 Å². The SMILES string of the molecule is CC(C)N(C)c1nc(Cl)nc(-n2ccnc2)n1. The molecule has 2 rings (SSSR count). The normalized spacial score (nSPS) is 10.9. The Labute approximate surface area is 104 Å². The van der Waals surface area contributed by atoms with Gasteiger partial charge in [0.1, 0.15) is 6.33 Å². The number of halogens is 1. The van der Waals surface area contributed by atoms with Gasteiger partial charge in [0.15, 0.2) is 0 Å². The van der Waals surface area contributed by atoms with Gasteiger partial charge in [0.05, 0.1) is 0 Å². The fourth-order valence-electron chi connectivity index (χ4n) is 1.21. The molecule has 0 atom stereocenters. The molecule has 0 unspecified atom stereocenters. The van der Waals surface area contributed by atoms with Crippen LogP contribution in [0.4, 0.5) is 5.95 Å². The summed E-state index contributed by atoms with van der Waals surface area (Å²) >= 11 is 5.89. The van der Waals surface area contributed by atoms with Crippen molar-refractivity contribution in [2.75, 3.05) is 11.9 Å². The maximum atomic E-state index is 5.89. The van der Waals surface area contributed by atoms with E-state index in [-0.39, 0.29) is 11.3 Å². The molecule has 0 radical (unpaired) electrons. The minimum atomic E-state index is 0.172. The summed E-state index contributed by atoms with van der Waals surface area (Å²) < 4.78 is 1.69. The standard InChI is InChI=1S/C10H13ClN6/c1-7(2)16(3)9-13-8(11)14-10(15-9)17-5-4-12-6-17/h4-7H,1-3H3. The van der Waals surface area contributed by atoms with Crippen molar-refractivity contribution in [2.45, 2.75) is 19.9 Å². The summed E-state index contributed by atoms with van der Waals surface area (Å²) in [4.78, 5) is 18.4. The Hall–Kier alpha value is -1.69. The van der Waals surface area contributed by atoms with Crippen LogP contribution in [-0.2, 0) is 0 Å². The van der Waals surface area contributed by atoms with Crippen LogP contribution in [0.5, 0.6) is 0 Å². The van der Waals surface area contributed by atoms with Crippen LogP contribution in [0, 0.1) is 0 Å². The minimum Gasteiger partial charge on any atom is -0.341 e. The van der Waals surface area contributed by atoms with Crippen molar-refractivity contribution in [3.05, 3.63) is 24.0 Å². The number of aromatic nitrogens is 5. The molecule has 17 heavy (non-hydrogen) atoms. The molecule has 2 aromatic heterocycles. The summed E-state index contributed by atoms with van der Waals surface area (Å²) in [5.41, 5.74) is 0. The third kappa shape index (κ3) is 2.52. The molecule has 0 fully saturated rings. The summed E-state index contributed by atoms with van der Waals surface area (Å²) in [6.45, 7) is 4.10. The maximum Gasteiger partial charge on any atom is 0.241 e. The van der Waals surface area contributed by atoms with Crippen LogP contribution in [0.1, 0.15) is 13.8 Å². The molecule has 0 spiro atoms. The summed E-state index contributed by atoms with van der Waals surface area (Å²) in [7, 11) is 1.91. The lowest BCUT2D eigenvalue weighted by Gasteiger charge is -2.21. The molecule has 0 saturated carbocycles. The number of imidazole rings is 1. The van der Waals surface area contributed by atoms with Gasteiger partial charge in [-0.15, -0.1) is 0 Å². The third-order valence-electron chi connectivity index (χ3n) is 2.41. The second kappa shape index (κ2) is 4.67.